The van der Waals surface area contributed by atoms with Gasteiger partial charge in [0.2, 0.25) is 0 Å². The number of rotatable bonds is 8. The molecule has 5 rings (SSSR count). The Labute approximate surface area is 238 Å². The lowest BCUT2D eigenvalue weighted by atomic mass is 9.79. The molecule has 0 bridgehead atoms. The third kappa shape index (κ3) is 5.49. The van der Waals surface area contributed by atoms with Gasteiger partial charge in [0, 0.05) is 50.5 Å². The fraction of sp³-hybridized carbons (Fsp3) is 0.562. The predicted molar refractivity (Wildman–Crippen MR) is 163 cm³/mol. The summed E-state index contributed by atoms with van der Waals surface area (Å²) >= 11 is 0. The predicted octanol–water partition coefficient (Wildman–Crippen LogP) is 4.32. The van der Waals surface area contributed by atoms with E-state index in [4.69, 9.17) is 4.98 Å². The molecule has 2 aliphatic rings. The highest BCUT2D eigenvalue weighted by molar-refractivity contribution is 5.82. The highest BCUT2D eigenvalue weighted by atomic mass is 16.3. The van der Waals surface area contributed by atoms with Crippen molar-refractivity contribution < 1.29 is 5.11 Å². The van der Waals surface area contributed by atoms with E-state index in [1.54, 1.807) is 6.07 Å². The van der Waals surface area contributed by atoms with Crippen molar-refractivity contribution in [2.45, 2.75) is 64.1 Å². The van der Waals surface area contributed by atoms with Gasteiger partial charge in [0.05, 0.1) is 16.9 Å². The molecular formula is C32H46N6O2. The first-order valence-electron chi connectivity index (χ1n) is 15.1. The van der Waals surface area contributed by atoms with E-state index in [9.17, 15) is 9.90 Å². The minimum atomic E-state index is -0.130. The van der Waals surface area contributed by atoms with Crippen LogP contribution in [0.15, 0.2) is 47.3 Å². The average Bonchev–Trinajstić information content (AvgIpc) is 3.25. The van der Waals surface area contributed by atoms with E-state index in [2.05, 4.69) is 66.2 Å². The molecule has 0 aliphatic carbocycles. The summed E-state index contributed by atoms with van der Waals surface area (Å²) in [5, 5.41) is 14.3. The van der Waals surface area contributed by atoms with E-state index in [0.29, 0.717) is 17.7 Å². The largest absolute Gasteiger partial charge is 0.508 e. The Morgan fingerprint density at radius 3 is 2.55 bits per heavy atom. The van der Waals surface area contributed by atoms with Crippen LogP contribution in [0, 0.1) is 0 Å². The quantitative estimate of drug-likeness (QED) is 0.436. The zero-order chi connectivity index (χ0) is 28.3. The van der Waals surface area contributed by atoms with Crippen molar-refractivity contribution in [2.24, 2.45) is 0 Å². The maximum absolute atomic E-state index is 13.9. The second-order valence-electron chi connectivity index (χ2n) is 11.6. The molecule has 0 amide bonds. The lowest BCUT2D eigenvalue weighted by Gasteiger charge is -2.47. The van der Waals surface area contributed by atoms with Gasteiger partial charge in [-0.05, 0) is 89.1 Å². The lowest BCUT2D eigenvalue weighted by molar-refractivity contribution is 0.115. The smallest absolute Gasteiger partial charge is 0.261 e. The van der Waals surface area contributed by atoms with Crippen LogP contribution in [-0.4, -0.2) is 77.8 Å². The molecule has 0 radical (unpaired) electrons. The van der Waals surface area contributed by atoms with E-state index in [-0.39, 0.29) is 17.1 Å². The molecule has 2 fully saturated rings. The molecule has 40 heavy (non-hydrogen) atoms. The van der Waals surface area contributed by atoms with Crippen LogP contribution in [-0.2, 0) is 12.1 Å². The summed E-state index contributed by atoms with van der Waals surface area (Å²) in [5.41, 5.74) is 2.96. The first-order chi connectivity index (χ1) is 19.4. The number of nitrogens with one attached hydrogen (secondary N) is 1. The zero-order valence-corrected chi connectivity index (χ0v) is 24.7. The van der Waals surface area contributed by atoms with Gasteiger partial charge in [-0.1, -0.05) is 25.5 Å². The van der Waals surface area contributed by atoms with Crippen molar-refractivity contribution in [2.75, 3.05) is 58.3 Å². The van der Waals surface area contributed by atoms with Crippen molar-refractivity contribution in [3.8, 4) is 5.75 Å². The van der Waals surface area contributed by atoms with Gasteiger partial charge in [-0.2, -0.15) is 0 Å². The second-order valence-corrected chi connectivity index (χ2v) is 11.6. The minimum Gasteiger partial charge on any atom is -0.508 e. The van der Waals surface area contributed by atoms with Gasteiger partial charge in [0.1, 0.15) is 11.6 Å². The number of benzene rings is 2. The van der Waals surface area contributed by atoms with Gasteiger partial charge < -0.3 is 15.3 Å². The van der Waals surface area contributed by atoms with Gasteiger partial charge in [-0.25, -0.2) is 4.98 Å². The Bertz CT molecular complexity index is 1350. The average molecular weight is 547 g/mol. The van der Waals surface area contributed by atoms with Crippen LogP contribution >= 0.6 is 0 Å². The molecule has 216 valence electrons. The Hall–Kier alpha value is -2.94. The molecule has 2 N–H and O–H groups in total. The van der Waals surface area contributed by atoms with E-state index in [1.807, 2.05) is 22.8 Å². The maximum Gasteiger partial charge on any atom is 0.261 e. The molecule has 3 heterocycles. The highest BCUT2D eigenvalue weighted by Crippen LogP contribution is 2.40. The van der Waals surface area contributed by atoms with Crippen molar-refractivity contribution in [3.63, 3.8) is 0 Å². The number of hydrogen-bond acceptors (Lipinski definition) is 7. The van der Waals surface area contributed by atoms with Crippen molar-refractivity contribution in [3.05, 3.63) is 64.2 Å². The van der Waals surface area contributed by atoms with Crippen LogP contribution in [0.3, 0.4) is 0 Å². The van der Waals surface area contributed by atoms with Crippen molar-refractivity contribution >= 4 is 16.6 Å². The van der Waals surface area contributed by atoms with Crippen LogP contribution in [0.4, 0.5) is 5.69 Å². The molecule has 3 aromatic rings. The SMILES string of the molecule is CCC[C@H](c1nc2ccc(N3CCC(c4cccc(O)c4)(N(C)C)CC3)cc2c(=O)n1CC)N1CCCNCC1. The highest BCUT2D eigenvalue weighted by Gasteiger charge is 2.38. The van der Waals surface area contributed by atoms with Crippen LogP contribution in [0.1, 0.15) is 63.4 Å². The fourth-order valence-corrected chi connectivity index (χ4v) is 6.83. The first-order valence-corrected chi connectivity index (χ1v) is 15.1. The van der Waals surface area contributed by atoms with Gasteiger partial charge in [-0.3, -0.25) is 19.2 Å². The first kappa shape index (κ1) is 28.6. The second kappa shape index (κ2) is 12.3. The molecule has 8 nitrogen and oxygen atoms in total. The number of anilines is 1. The summed E-state index contributed by atoms with van der Waals surface area (Å²) in [5.74, 6) is 1.22. The van der Waals surface area contributed by atoms with E-state index in [1.165, 1.54) is 0 Å². The molecule has 2 saturated heterocycles. The number of phenolic OH excluding ortho intramolecular Hbond substituents is 1. The number of phenols is 1. The Morgan fingerprint density at radius 1 is 1.05 bits per heavy atom. The van der Waals surface area contributed by atoms with Crippen molar-refractivity contribution in [1.29, 1.82) is 0 Å². The lowest BCUT2D eigenvalue weighted by Crippen LogP contribution is -2.50. The molecular weight excluding hydrogens is 500 g/mol. The van der Waals surface area contributed by atoms with E-state index in [0.717, 1.165) is 94.0 Å². The number of aromatic nitrogens is 2. The van der Waals surface area contributed by atoms with Crippen LogP contribution in [0.2, 0.25) is 0 Å². The number of hydrogen-bond donors (Lipinski definition) is 2. The molecule has 1 aromatic heterocycles. The molecule has 2 aromatic carbocycles. The third-order valence-electron chi connectivity index (χ3n) is 9.15. The van der Waals surface area contributed by atoms with Gasteiger partial charge in [0.15, 0.2) is 0 Å². The van der Waals surface area contributed by atoms with Crippen LogP contribution < -0.4 is 15.8 Å². The van der Waals surface area contributed by atoms with Gasteiger partial charge in [0.25, 0.3) is 5.56 Å². The third-order valence-corrected chi connectivity index (χ3v) is 9.15. The van der Waals surface area contributed by atoms with Gasteiger partial charge in [-0.15, -0.1) is 0 Å². The monoisotopic (exact) mass is 546 g/mol. The normalized spacial score (nSPS) is 19.2. The molecule has 8 heteroatoms. The number of fused-ring (bicyclic) bond motifs is 1. The molecule has 2 aliphatic heterocycles. The number of nitrogens with zero attached hydrogens (tertiary/aromatic N) is 5. The van der Waals surface area contributed by atoms with Crippen molar-refractivity contribution in [1.82, 2.24) is 24.7 Å². The zero-order valence-electron chi connectivity index (χ0n) is 24.7. The standard InChI is InChI=1S/C32H46N6O2/c1-5-9-29(37-18-8-16-33-17-21-37)30-34-28-13-12-25(23-27(28)31(40)38(30)6-2)36-19-14-32(15-20-36,35(3)4)24-10-7-11-26(39)22-24/h7,10-13,22-23,29,33,39H,5-6,8-9,14-21H2,1-4H3/t29-/m1/s1. The summed E-state index contributed by atoms with van der Waals surface area (Å²) in [7, 11) is 4.25. The number of aromatic hydroxyl groups is 1. The number of piperidine rings is 1. The summed E-state index contributed by atoms with van der Waals surface area (Å²) in [4.78, 5) is 26.3. The molecule has 1 atom stereocenters. The Kier molecular flexibility index (Phi) is 8.78. The van der Waals surface area contributed by atoms with Gasteiger partial charge >= 0.3 is 0 Å². The minimum absolute atomic E-state index is 0.0674. The van der Waals surface area contributed by atoms with E-state index < -0.39 is 0 Å². The summed E-state index contributed by atoms with van der Waals surface area (Å²) in [6, 6.07) is 14.1. The van der Waals surface area contributed by atoms with Crippen LogP contribution in [0.5, 0.6) is 5.75 Å². The Morgan fingerprint density at radius 2 is 1.85 bits per heavy atom. The molecule has 0 spiro atoms. The van der Waals surface area contributed by atoms with E-state index >= 15 is 0 Å². The summed E-state index contributed by atoms with van der Waals surface area (Å²) in [6.07, 6.45) is 5.03. The molecule has 0 unspecified atom stereocenters. The van der Waals surface area contributed by atoms with Crippen LogP contribution in [0.25, 0.3) is 10.9 Å². The Balaban J connectivity index is 1.45. The fourth-order valence-electron chi connectivity index (χ4n) is 6.83. The topological polar surface area (TPSA) is 76.9 Å². The molecule has 0 saturated carbocycles. The summed E-state index contributed by atoms with van der Waals surface area (Å²) < 4.78 is 1.92. The summed E-state index contributed by atoms with van der Waals surface area (Å²) in [6.45, 7) is 10.7. The maximum atomic E-state index is 13.9.